The molecule has 7 heteroatoms. The Bertz CT molecular complexity index is 865. The Labute approximate surface area is 148 Å². The second-order valence-corrected chi connectivity index (χ2v) is 5.68. The highest BCUT2D eigenvalue weighted by Gasteiger charge is 2.12. The summed E-state index contributed by atoms with van der Waals surface area (Å²) < 4.78 is 23.2. The molecule has 0 fully saturated rings. The summed E-state index contributed by atoms with van der Waals surface area (Å²) in [7, 11) is 0. The van der Waals surface area contributed by atoms with Gasteiger partial charge in [0.05, 0.1) is 6.42 Å². The average Bonchev–Trinajstić information content (AvgIpc) is 3.09. The lowest BCUT2D eigenvalue weighted by molar-refractivity contribution is -0.145. The van der Waals surface area contributed by atoms with Crippen LogP contribution in [0.2, 0.25) is 5.02 Å². The Morgan fingerprint density at radius 1 is 1.16 bits per heavy atom. The van der Waals surface area contributed by atoms with Crippen molar-refractivity contribution in [2.24, 2.45) is 0 Å². The van der Waals surface area contributed by atoms with E-state index in [1.807, 2.05) is 12.1 Å². The zero-order chi connectivity index (χ0) is 17.6. The highest BCUT2D eigenvalue weighted by atomic mass is 35.5. The number of hydrogen-bond donors (Lipinski definition) is 0. The molecule has 0 radical (unpaired) electrons. The molecule has 1 aromatic heterocycles. The summed E-state index contributed by atoms with van der Waals surface area (Å²) in [5.41, 5.74) is 1.38. The van der Waals surface area contributed by atoms with Crippen LogP contribution in [-0.4, -0.2) is 16.1 Å². The molecule has 128 valence electrons. The quantitative estimate of drug-likeness (QED) is 0.616. The molecule has 3 aromatic rings. The van der Waals surface area contributed by atoms with Crippen molar-refractivity contribution in [3.8, 4) is 11.4 Å². The molecule has 3 rings (SSSR count). The molecular weight excluding hydrogens is 347 g/mol. The number of hydrogen-bond acceptors (Lipinski definition) is 5. The maximum absolute atomic E-state index is 12.9. The summed E-state index contributed by atoms with van der Waals surface area (Å²) >= 11 is 6.00. The first-order valence-corrected chi connectivity index (χ1v) is 7.97. The highest BCUT2D eigenvalue weighted by Crippen LogP contribution is 2.18. The maximum atomic E-state index is 12.9. The number of nitrogens with zero attached hydrogens (tertiary/aromatic N) is 2. The van der Waals surface area contributed by atoms with Crippen LogP contribution >= 0.6 is 11.6 Å². The lowest BCUT2D eigenvalue weighted by Crippen LogP contribution is -2.06. The molecule has 0 aliphatic carbocycles. The average molecular weight is 361 g/mol. The normalized spacial score (nSPS) is 10.6. The van der Waals surface area contributed by atoms with Crippen molar-refractivity contribution < 1.29 is 18.4 Å². The van der Waals surface area contributed by atoms with Gasteiger partial charge in [-0.1, -0.05) is 35.0 Å². The van der Waals surface area contributed by atoms with E-state index >= 15 is 0 Å². The van der Waals surface area contributed by atoms with E-state index in [0.29, 0.717) is 22.3 Å². The zero-order valence-electron chi connectivity index (χ0n) is 13.1. The number of ether oxygens (including phenoxy) is 1. The van der Waals surface area contributed by atoms with Gasteiger partial charge in [-0.3, -0.25) is 4.79 Å². The van der Waals surface area contributed by atoms with Gasteiger partial charge in [-0.15, -0.1) is 0 Å². The molecule has 0 bridgehead atoms. The van der Waals surface area contributed by atoms with Crippen LogP contribution in [0.15, 0.2) is 53.1 Å². The minimum absolute atomic E-state index is 0.107. The van der Waals surface area contributed by atoms with Crippen LogP contribution < -0.4 is 0 Å². The van der Waals surface area contributed by atoms with E-state index < -0.39 is 0 Å². The predicted octanol–water partition coefficient (Wildman–Crippen LogP) is 4.21. The SMILES string of the molecule is O=C(CCc1nc(-c2ccc(F)cc2)no1)OCc1ccccc1Cl. The number of aryl methyl sites for hydroxylation is 1. The molecule has 1 heterocycles. The third-order valence-corrected chi connectivity index (χ3v) is 3.83. The maximum Gasteiger partial charge on any atom is 0.306 e. The van der Waals surface area contributed by atoms with Crippen LogP contribution in [0.1, 0.15) is 17.9 Å². The van der Waals surface area contributed by atoms with Crippen LogP contribution in [0.3, 0.4) is 0 Å². The Kier molecular flexibility index (Phi) is 5.40. The summed E-state index contributed by atoms with van der Waals surface area (Å²) in [4.78, 5) is 16.0. The molecule has 0 N–H and O–H groups in total. The lowest BCUT2D eigenvalue weighted by Gasteiger charge is -2.05. The standard InChI is InChI=1S/C18H14ClFN2O3/c19-15-4-2-1-3-13(15)11-24-17(23)10-9-16-21-18(22-25-16)12-5-7-14(20)8-6-12/h1-8H,9-11H2. The van der Waals surface area contributed by atoms with E-state index in [0.717, 1.165) is 5.56 Å². The van der Waals surface area contributed by atoms with Crippen LogP contribution in [0.25, 0.3) is 11.4 Å². The largest absolute Gasteiger partial charge is 0.461 e. The number of rotatable bonds is 6. The van der Waals surface area contributed by atoms with Crippen molar-refractivity contribution in [1.29, 1.82) is 0 Å². The zero-order valence-corrected chi connectivity index (χ0v) is 13.9. The smallest absolute Gasteiger partial charge is 0.306 e. The second-order valence-electron chi connectivity index (χ2n) is 5.27. The second kappa shape index (κ2) is 7.90. The number of carbonyl (C=O) groups excluding carboxylic acids is 1. The van der Waals surface area contributed by atoms with Gasteiger partial charge in [0.2, 0.25) is 11.7 Å². The number of benzene rings is 2. The molecule has 0 spiro atoms. The van der Waals surface area contributed by atoms with Crippen LogP contribution in [0, 0.1) is 5.82 Å². The van der Waals surface area contributed by atoms with E-state index in [2.05, 4.69) is 10.1 Å². The molecule has 0 atom stereocenters. The first kappa shape index (κ1) is 17.1. The van der Waals surface area contributed by atoms with Gasteiger partial charge >= 0.3 is 5.97 Å². The van der Waals surface area contributed by atoms with Crippen molar-refractivity contribution in [2.75, 3.05) is 0 Å². The molecule has 25 heavy (non-hydrogen) atoms. The third-order valence-electron chi connectivity index (χ3n) is 3.46. The van der Waals surface area contributed by atoms with Gasteiger partial charge in [0, 0.05) is 22.6 Å². The molecular formula is C18H14ClFN2O3. The first-order chi connectivity index (χ1) is 12.1. The van der Waals surface area contributed by atoms with Crippen molar-refractivity contribution in [3.63, 3.8) is 0 Å². The van der Waals surface area contributed by atoms with E-state index in [4.69, 9.17) is 20.9 Å². The van der Waals surface area contributed by atoms with Crippen molar-refractivity contribution in [3.05, 3.63) is 70.8 Å². The predicted molar refractivity (Wildman–Crippen MR) is 89.3 cm³/mol. The van der Waals surface area contributed by atoms with Gasteiger partial charge < -0.3 is 9.26 Å². The van der Waals surface area contributed by atoms with Gasteiger partial charge in [-0.05, 0) is 30.3 Å². The number of carbonyl (C=O) groups is 1. The Balaban J connectivity index is 1.51. The first-order valence-electron chi connectivity index (χ1n) is 7.59. The number of aromatic nitrogens is 2. The molecule has 0 aliphatic rings. The third kappa shape index (κ3) is 4.64. The van der Waals surface area contributed by atoms with E-state index in [1.54, 1.807) is 24.3 Å². The number of esters is 1. The minimum Gasteiger partial charge on any atom is -0.461 e. The highest BCUT2D eigenvalue weighted by molar-refractivity contribution is 6.31. The van der Waals surface area contributed by atoms with E-state index in [9.17, 15) is 9.18 Å². The molecule has 0 saturated heterocycles. The minimum atomic E-state index is -0.388. The molecule has 0 unspecified atom stereocenters. The molecule has 0 aliphatic heterocycles. The molecule has 2 aromatic carbocycles. The van der Waals surface area contributed by atoms with Crippen molar-refractivity contribution >= 4 is 17.6 Å². The lowest BCUT2D eigenvalue weighted by atomic mass is 10.2. The van der Waals surface area contributed by atoms with Gasteiger partial charge in [-0.2, -0.15) is 4.98 Å². The van der Waals surface area contributed by atoms with Crippen LogP contribution in [0.5, 0.6) is 0 Å². The Morgan fingerprint density at radius 3 is 2.68 bits per heavy atom. The van der Waals surface area contributed by atoms with Gasteiger partial charge in [0.1, 0.15) is 12.4 Å². The fourth-order valence-corrected chi connectivity index (χ4v) is 2.32. The Morgan fingerprint density at radius 2 is 1.92 bits per heavy atom. The topological polar surface area (TPSA) is 65.2 Å². The molecule has 0 amide bonds. The van der Waals surface area contributed by atoms with Crippen molar-refractivity contribution in [2.45, 2.75) is 19.4 Å². The molecule has 5 nitrogen and oxygen atoms in total. The fourth-order valence-electron chi connectivity index (χ4n) is 2.13. The fraction of sp³-hybridized carbons (Fsp3) is 0.167. The number of halogens is 2. The summed E-state index contributed by atoms with van der Waals surface area (Å²) in [6, 6.07) is 12.9. The monoisotopic (exact) mass is 360 g/mol. The van der Waals surface area contributed by atoms with Crippen molar-refractivity contribution in [1.82, 2.24) is 10.1 Å². The summed E-state index contributed by atoms with van der Waals surface area (Å²) in [6.07, 6.45) is 0.366. The van der Waals surface area contributed by atoms with E-state index in [1.165, 1.54) is 12.1 Å². The van der Waals surface area contributed by atoms with E-state index in [-0.39, 0.29) is 31.2 Å². The van der Waals surface area contributed by atoms with Crippen LogP contribution in [-0.2, 0) is 22.6 Å². The van der Waals surface area contributed by atoms with Gasteiger partial charge in [0.25, 0.3) is 0 Å². The summed E-state index contributed by atoms with van der Waals surface area (Å²) in [5, 5.41) is 4.37. The van der Waals surface area contributed by atoms with Crippen LogP contribution in [0.4, 0.5) is 4.39 Å². The summed E-state index contributed by atoms with van der Waals surface area (Å²) in [6.45, 7) is 0.114. The van der Waals surface area contributed by atoms with Gasteiger partial charge in [-0.25, -0.2) is 4.39 Å². The Hall–Kier alpha value is -2.73. The van der Waals surface area contributed by atoms with Gasteiger partial charge in [0.15, 0.2) is 0 Å². The molecule has 0 saturated carbocycles. The summed E-state index contributed by atoms with van der Waals surface area (Å²) in [5.74, 6) is -0.0661.